The summed E-state index contributed by atoms with van der Waals surface area (Å²) in [5.41, 5.74) is 3.87. The molecule has 0 aliphatic heterocycles. The highest BCUT2D eigenvalue weighted by atomic mass is 35.5. The van der Waals surface area contributed by atoms with Gasteiger partial charge in [-0.25, -0.2) is 9.97 Å². The fraction of sp³-hybridized carbons (Fsp3) is 0. The summed E-state index contributed by atoms with van der Waals surface area (Å²) in [7, 11) is 0. The molecular formula is C22H14ClN7. The van der Waals surface area contributed by atoms with Crippen molar-refractivity contribution in [3.63, 3.8) is 0 Å². The highest BCUT2D eigenvalue weighted by Gasteiger charge is 2.19. The van der Waals surface area contributed by atoms with E-state index >= 15 is 0 Å². The molecule has 0 N–H and O–H groups in total. The highest BCUT2D eigenvalue weighted by Crippen LogP contribution is 2.32. The first kappa shape index (κ1) is 18.1. The normalized spacial score (nSPS) is 10.8. The van der Waals surface area contributed by atoms with Crippen molar-refractivity contribution in [1.29, 1.82) is 0 Å². The van der Waals surface area contributed by atoms with Crippen LogP contribution in [0.15, 0.2) is 85.3 Å². The van der Waals surface area contributed by atoms with E-state index in [2.05, 4.69) is 25.5 Å². The molecule has 0 saturated carbocycles. The Morgan fingerprint density at radius 3 is 2.50 bits per heavy atom. The number of halogens is 1. The Morgan fingerprint density at radius 2 is 1.70 bits per heavy atom. The van der Waals surface area contributed by atoms with Crippen LogP contribution in [-0.2, 0) is 0 Å². The van der Waals surface area contributed by atoms with E-state index in [0.717, 1.165) is 16.8 Å². The van der Waals surface area contributed by atoms with Crippen LogP contribution in [-0.4, -0.2) is 35.2 Å². The summed E-state index contributed by atoms with van der Waals surface area (Å²) in [5, 5.41) is 12.9. The van der Waals surface area contributed by atoms with E-state index in [4.69, 9.17) is 16.6 Å². The minimum atomic E-state index is 0.536. The van der Waals surface area contributed by atoms with Gasteiger partial charge in [-0.15, -0.1) is 5.10 Å². The lowest BCUT2D eigenvalue weighted by Gasteiger charge is -2.11. The summed E-state index contributed by atoms with van der Waals surface area (Å²) in [6.07, 6.45) is 5.17. The molecule has 0 saturated heterocycles. The maximum Gasteiger partial charge on any atom is 0.190 e. The van der Waals surface area contributed by atoms with Crippen molar-refractivity contribution in [2.45, 2.75) is 0 Å². The molecule has 5 rings (SSSR count). The first-order valence-corrected chi connectivity index (χ1v) is 9.55. The Hall–Kier alpha value is -3.97. The van der Waals surface area contributed by atoms with E-state index < -0.39 is 0 Å². The number of para-hydroxylation sites is 1. The molecule has 2 aromatic carbocycles. The third-order valence-corrected chi connectivity index (χ3v) is 4.75. The first-order chi connectivity index (χ1) is 14.8. The molecule has 3 heterocycles. The Kier molecular flexibility index (Phi) is 4.71. The number of hydrogen-bond acceptors (Lipinski definition) is 6. The van der Waals surface area contributed by atoms with Crippen LogP contribution >= 0.6 is 11.6 Å². The molecule has 0 unspecified atom stereocenters. The van der Waals surface area contributed by atoms with Crippen LogP contribution in [0.2, 0.25) is 5.02 Å². The second-order valence-electron chi connectivity index (χ2n) is 6.46. The van der Waals surface area contributed by atoms with Crippen LogP contribution in [0, 0.1) is 0 Å². The van der Waals surface area contributed by atoms with E-state index in [-0.39, 0.29) is 0 Å². The number of benzene rings is 2. The molecule has 0 bridgehead atoms. The van der Waals surface area contributed by atoms with Gasteiger partial charge in [-0.2, -0.15) is 4.68 Å². The zero-order valence-corrected chi connectivity index (χ0v) is 16.3. The minimum absolute atomic E-state index is 0.536. The van der Waals surface area contributed by atoms with Gasteiger partial charge in [0.2, 0.25) is 0 Å². The van der Waals surface area contributed by atoms with Crippen LogP contribution in [0.4, 0.5) is 0 Å². The zero-order chi connectivity index (χ0) is 20.3. The lowest BCUT2D eigenvalue weighted by Crippen LogP contribution is -2.03. The van der Waals surface area contributed by atoms with Crippen molar-refractivity contribution in [2.24, 2.45) is 0 Å². The SMILES string of the molecule is Clc1cccc(-c2nc(-c3cccnc3)ncc2-c2nnnn2-c2ccccc2)c1. The monoisotopic (exact) mass is 411 g/mol. The number of pyridine rings is 1. The number of rotatable bonds is 4. The molecule has 0 atom stereocenters. The molecule has 0 aliphatic carbocycles. The Bertz CT molecular complexity index is 1300. The lowest BCUT2D eigenvalue weighted by molar-refractivity contribution is 0.791. The van der Waals surface area contributed by atoms with Gasteiger partial charge in [0.05, 0.1) is 16.9 Å². The second-order valence-corrected chi connectivity index (χ2v) is 6.89. The molecule has 3 aromatic heterocycles. The Labute approximate surface area is 177 Å². The predicted molar refractivity (Wildman–Crippen MR) is 114 cm³/mol. The molecule has 144 valence electrons. The van der Waals surface area contributed by atoms with Crippen molar-refractivity contribution in [3.8, 4) is 39.7 Å². The van der Waals surface area contributed by atoms with Gasteiger partial charge in [-0.3, -0.25) is 4.98 Å². The van der Waals surface area contributed by atoms with Gasteiger partial charge in [0.1, 0.15) is 0 Å². The van der Waals surface area contributed by atoms with Gasteiger partial charge in [-0.05, 0) is 46.8 Å². The van der Waals surface area contributed by atoms with Crippen LogP contribution < -0.4 is 0 Å². The van der Waals surface area contributed by atoms with E-state index in [9.17, 15) is 0 Å². The minimum Gasteiger partial charge on any atom is -0.264 e. The van der Waals surface area contributed by atoms with Gasteiger partial charge in [0.15, 0.2) is 11.6 Å². The topological polar surface area (TPSA) is 82.3 Å². The summed E-state index contributed by atoms with van der Waals surface area (Å²) in [5.74, 6) is 1.09. The van der Waals surface area contributed by atoms with Crippen LogP contribution in [0.5, 0.6) is 0 Å². The summed E-state index contributed by atoms with van der Waals surface area (Å²) >= 11 is 6.26. The van der Waals surface area contributed by atoms with E-state index in [1.807, 2.05) is 66.7 Å². The zero-order valence-electron chi connectivity index (χ0n) is 15.6. The molecule has 5 aromatic rings. The van der Waals surface area contributed by atoms with Crippen molar-refractivity contribution in [2.75, 3.05) is 0 Å². The molecule has 30 heavy (non-hydrogen) atoms. The van der Waals surface area contributed by atoms with E-state index in [1.54, 1.807) is 23.3 Å². The predicted octanol–water partition coefficient (Wildman–Crippen LogP) is 4.50. The molecule has 8 heteroatoms. The molecule has 0 amide bonds. The fourth-order valence-electron chi connectivity index (χ4n) is 3.13. The third kappa shape index (κ3) is 3.42. The Balaban J connectivity index is 1.73. The van der Waals surface area contributed by atoms with Gasteiger partial charge in [0, 0.05) is 34.7 Å². The van der Waals surface area contributed by atoms with Gasteiger partial charge < -0.3 is 0 Å². The molecule has 0 radical (unpaired) electrons. The number of nitrogens with zero attached hydrogens (tertiary/aromatic N) is 7. The number of aromatic nitrogens is 7. The standard InChI is InChI=1S/C22H14ClN7/c23-17-8-4-6-15(12-17)20-19(14-25-21(26-20)16-7-5-11-24-13-16)22-27-28-29-30(22)18-9-2-1-3-10-18/h1-14H. The number of hydrogen-bond donors (Lipinski definition) is 0. The van der Waals surface area contributed by atoms with Crippen molar-refractivity contribution >= 4 is 11.6 Å². The maximum atomic E-state index is 6.26. The molecule has 0 fully saturated rings. The van der Waals surface area contributed by atoms with Crippen molar-refractivity contribution in [1.82, 2.24) is 35.2 Å². The summed E-state index contributed by atoms with van der Waals surface area (Å²) < 4.78 is 1.66. The van der Waals surface area contributed by atoms with Gasteiger partial charge >= 0.3 is 0 Å². The second kappa shape index (κ2) is 7.81. The first-order valence-electron chi connectivity index (χ1n) is 9.17. The van der Waals surface area contributed by atoms with Crippen molar-refractivity contribution in [3.05, 3.63) is 90.3 Å². The highest BCUT2D eigenvalue weighted by molar-refractivity contribution is 6.30. The smallest absolute Gasteiger partial charge is 0.190 e. The average molecular weight is 412 g/mol. The largest absolute Gasteiger partial charge is 0.264 e. The average Bonchev–Trinajstić information content (AvgIpc) is 3.30. The van der Waals surface area contributed by atoms with Gasteiger partial charge in [-0.1, -0.05) is 41.9 Å². The van der Waals surface area contributed by atoms with Crippen LogP contribution in [0.25, 0.3) is 39.7 Å². The van der Waals surface area contributed by atoms with Crippen molar-refractivity contribution < 1.29 is 0 Å². The fourth-order valence-corrected chi connectivity index (χ4v) is 3.32. The van der Waals surface area contributed by atoms with Crippen LogP contribution in [0.1, 0.15) is 0 Å². The van der Waals surface area contributed by atoms with E-state index in [0.29, 0.717) is 27.9 Å². The quantitative estimate of drug-likeness (QED) is 0.433. The number of tetrazole rings is 1. The summed E-state index contributed by atoms with van der Waals surface area (Å²) in [6.45, 7) is 0. The molecule has 7 nitrogen and oxygen atoms in total. The summed E-state index contributed by atoms with van der Waals surface area (Å²) in [4.78, 5) is 13.5. The third-order valence-electron chi connectivity index (χ3n) is 4.52. The summed E-state index contributed by atoms with van der Waals surface area (Å²) in [6, 6.07) is 20.9. The molecular weight excluding hydrogens is 398 g/mol. The Morgan fingerprint density at radius 1 is 0.833 bits per heavy atom. The van der Waals surface area contributed by atoms with Crippen LogP contribution in [0.3, 0.4) is 0 Å². The lowest BCUT2D eigenvalue weighted by atomic mass is 10.1. The molecule has 0 aliphatic rings. The van der Waals surface area contributed by atoms with Gasteiger partial charge in [0.25, 0.3) is 0 Å². The van der Waals surface area contributed by atoms with E-state index in [1.165, 1.54) is 0 Å². The molecule has 0 spiro atoms. The maximum absolute atomic E-state index is 6.26.